The molecule has 2 aliphatic heterocycles. The van der Waals surface area contributed by atoms with E-state index in [0.717, 1.165) is 39.4 Å². The minimum Gasteiger partial charge on any atom is -0.518 e. The van der Waals surface area contributed by atoms with E-state index < -0.39 is 0 Å². The molecule has 3 aromatic carbocycles. The molecule has 0 unspecified atom stereocenters. The van der Waals surface area contributed by atoms with E-state index in [1.54, 1.807) is 0 Å². The molecule has 0 bridgehead atoms. The summed E-state index contributed by atoms with van der Waals surface area (Å²) in [5.41, 5.74) is 9.31. The molecular weight excluding hydrogens is 762 g/mol. The average Bonchev–Trinajstić information content (AvgIpc) is 3.31. The van der Waals surface area contributed by atoms with Crippen LogP contribution in [0.1, 0.15) is 108 Å². The van der Waals surface area contributed by atoms with Gasteiger partial charge >= 0.3 is 21.1 Å². The molecule has 2 aliphatic rings. The smallest absolute Gasteiger partial charge is 0.518 e. The Morgan fingerprint density at radius 1 is 0.787 bits per heavy atom. The van der Waals surface area contributed by atoms with E-state index in [9.17, 15) is 0 Å². The molecule has 0 fully saturated rings. The minimum absolute atomic E-state index is 0. The summed E-state index contributed by atoms with van der Waals surface area (Å²) >= 11 is 0. The maximum atomic E-state index is 6.61. The van der Waals surface area contributed by atoms with Crippen LogP contribution in [0.5, 0.6) is 11.5 Å². The van der Waals surface area contributed by atoms with E-state index in [1.807, 2.05) is 12.3 Å². The van der Waals surface area contributed by atoms with E-state index >= 15 is 0 Å². The SMILES string of the molecule is Cc1cc(Oc2[c-]c(C3=NC(C)(C)CO3)cc(C(C)(C)C)c2)[c-]c(N2c3ccc(C(C)(C)C)cc3C(C)(C)c3cc(C)cnc32)c1.[Pt+2]. The minimum atomic E-state index is -0.267. The summed E-state index contributed by atoms with van der Waals surface area (Å²) in [5.74, 6) is 2.75. The molecule has 6 rings (SSSR count). The van der Waals surface area contributed by atoms with Crippen LogP contribution in [0, 0.1) is 26.0 Å². The molecule has 5 nitrogen and oxygen atoms in total. The molecule has 3 heterocycles. The zero-order valence-corrected chi connectivity index (χ0v) is 32.1. The van der Waals surface area contributed by atoms with Crippen molar-refractivity contribution in [1.82, 2.24) is 4.98 Å². The van der Waals surface area contributed by atoms with Crippen LogP contribution in [0.4, 0.5) is 17.2 Å². The number of nitrogens with zero attached hydrogens (tertiary/aromatic N) is 3. The number of aromatic nitrogens is 1. The fourth-order valence-corrected chi connectivity index (χ4v) is 6.23. The van der Waals surface area contributed by atoms with Crippen LogP contribution in [0.25, 0.3) is 0 Å². The van der Waals surface area contributed by atoms with Gasteiger partial charge in [0.15, 0.2) is 0 Å². The number of hydrogen-bond donors (Lipinski definition) is 0. The molecular formula is C41H47N3O2Pt. The maximum absolute atomic E-state index is 6.61. The van der Waals surface area contributed by atoms with E-state index in [-0.39, 0.29) is 42.8 Å². The summed E-state index contributed by atoms with van der Waals surface area (Å²) in [7, 11) is 0. The molecule has 0 spiro atoms. The average molecular weight is 809 g/mol. The van der Waals surface area contributed by atoms with E-state index in [1.165, 1.54) is 16.7 Å². The Kier molecular flexibility index (Phi) is 8.85. The Morgan fingerprint density at radius 2 is 1.47 bits per heavy atom. The molecule has 0 N–H and O–H groups in total. The molecule has 47 heavy (non-hydrogen) atoms. The van der Waals surface area contributed by atoms with E-state index in [4.69, 9.17) is 19.5 Å². The van der Waals surface area contributed by atoms with Crippen molar-refractivity contribution in [3.63, 3.8) is 0 Å². The maximum Gasteiger partial charge on any atom is 2.00 e. The first-order valence-electron chi connectivity index (χ1n) is 16.3. The van der Waals surface area contributed by atoms with Crippen LogP contribution in [0.3, 0.4) is 0 Å². The summed E-state index contributed by atoms with van der Waals surface area (Å²) < 4.78 is 12.6. The summed E-state index contributed by atoms with van der Waals surface area (Å²) in [4.78, 5) is 12.1. The van der Waals surface area contributed by atoms with Gasteiger partial charge in [-0.1, -0.05) is 97.8 Å². The Bertz CT molecular complexity index is 1870. The Morgan fingerprint density at radius 3 is 2.11 bits per heavy atom. The number of aryl methyl sites for hydroxylation is 2. The van der Waals surface area contributed by atoms with Gasteiger partial charge in [-0.3, -0.25) is 4.99 Å². The molecule has 248 valence electrons. The van der Waals surface area contributed by atoms with Gasteiger partial charge in [0.1, 0.15) is 18.3 Å². The van der Waals surface area contributed by atoms with Gasteiger partial charge in [-0.15, -0.1) is 29.8 Å². The zero-order chi connectivity index (χ0) is 33.4. The van der Waals surface area contributed by atoms with Crippen LogP contribution in [-0.4, -0.2) is 23.0 Å². The third kappa shape index (κ3) is 6.79. The van der Waals surface area contributed by atoms with Crippen molar-refractivity contribution in [3.8, 4) is 11.5 Å². The second kappa shape index (κ2) is 11.9. The van der Waals surface area contributed by atoms with Crippen LogP contribution in [0.2, 0.25) is 0 Å². The number of fused-ring (bicyclic) bond motifs is 2. The first-order valence-corrected chi connectivity index (χ1v) is 16.3. The normalized spacial score (nSPS) is 16.4. The zero-order valence-electron chi connectivity index (χ0n) is 29.9. The first kappa shape index (κ1) is 34.9. The second-order valence-electron chi connectivity index (χ2n) is 16.3. The molecule has 4 aromatic rings. The summed E-state index contributed by atoms with van der Waals surface area (Å²) in [6.45, 7) is 26.9. The van der Waals surface area contributed by atoms with E-state index in [2.05, 4.69) is 143 Å². The van der Waals surface area contributed by atoms with Crippen LogP contribution in [-0.2, 0) is 42.0 Å². The standard InChI is InChI=1S/C41H47N3O2.Pt/c1-25-15-30(22-31(16-25)46-32-19-27(18-29(20-32)39(6,7)8)37-43-40(9,10)24-45-37)44-35-14-13-28(38(3,4)5)21-33(35)41(11,12)34-17-26(2)23-42-36(34)44;/h13-18,20-21,23H,24H2,1-12H3;/q-2;+2. The number of pyridine rings is 1. The largest absolute Gasteiger partial charge is 2.00 e. The molecule has 0 saturated heterocycles. The molecule has 0 radical (unpaired) electrons. The van der Waals surface area contributed by atoms with Gasteiger partial charge in [0, 0.05) is 34.4 Å². The van der Waals surface area contributed by atoms with Crippen LogP contribution < -0.4 is 9.64 Å². The van der Waals surface area contributed by atoms with Crippen molar-refractivity contribution < 1.29 is 30.5 Å². The monoisotopic (exact) mass is 808 g/mol. The van der Waals surface area contributed by atoms with Gasteiger partial charge in [-0.2, -0.15) is 5.56 Å². The van der Waals surface area contributed by atoms with E-state index in [0.29, 0.717) is 24.0 Å². The number of ether oxygens (including phenoxy) is 2. The van der Waals surface area contributed by atoms with Crippen LogP contribution >= 0.6 is 0 Å². The quantitative estimate of drug-likeness (QED) is 0.193. The Hall–Kier alpha value is -3.43. The van der Waals surface area contributed by atoms with Crippen molar-refractivity contribution in [2.45, 2.75) is 105 Å². The van der Waals surface area contributed by atoms with Crippen molar-refractivity contribution >= 4 is 23.1 Å². The van der Waals surface area contributed by atoms with Gasteiger partial charge < -0.3 is 14.4 Å². The van der Waals surface area contributed by atoms with Crippen LogP contribution in [0.15, 0.2) is 59.7 Å². The molecule has 1 aromatic heterocycles. The fourth-order valence-electron chi connectivity index (χ4n) is 6.23. The van der Waals surface area contributed by atoms with Gasteiger partial charge in [0.05, 0.1) is 5.54 Å². The number of benzene rings is 3. The molecule has 0 saturated carbocycles. The third-order valence-corrected chi connectivity index (χ3v) is 9.01. The number of rotatable bonds is 4. The van der Waals surface area contributed by atoms with Crippen molar-refractivity contribution in [2.75, 3.05) is 11.5 Å². The third-order valence-electron chi connectivity index (χ3n) is 9.01. The number of aliphatic imine (C=N–C) groups is 1. The predicted molar refractivity (Wildman–Crippen MR) is 189 cm³/mol. The molecule has 0 atom stereocenters. The summed E-state index contributed by atoms with van der Waals surface area (Å²) in [6.07, 6.45) is 1.95. The molecule has 0 amide bonds. The van der Waals surface area contributed by atoms with Crippen molar-refractivity contribution in [2.24, 2.45) is 4.99 Å². The van der Waals surface area contributed by atoms with Gasteiger partial charge in [-0.25, -0.2) is 4.98 Å². The Balaban J connectivity index is 0.00000433. The Labute approximate surface area is 296 Å². The molecule has 0 aliphatic carbocycles. The number of anilines is 3. The van der Waals surface area contributed by atoms with Crippen molar-refractivity contribution in [1.29, 1.82) is 0 Å². The predicted octanol–water partition coefficient (Wildman–Crippen LogP) is 10.3. The van der Waals surface area contributed by atoms with Gasteiger partial charge in [0.2, 0.25) is 0 Å². The summed E-state index contributed by atoms with van der Waals surface area (Å²) in [6, 6.07) is 24.6. The van der Waals surface area contributed by atoms with Crippen molar-refractivity contribution in [3.05, 3.63) is 106 Å². The topological polar surface area (TPSA) is 47.0 Å². The van der Waals surface area contributed by atoms with Gasteiger partial charge in [-0.05, 0) is 60.4 Å². The molecule has 6 heteroatoms. The second-order valence-corrected chi connectivity index (χ2v) is 16.3. The van der Waals surface area contributed by atoms with Gasteiger partial charge in [0.25, 0.3) is 0 Å². The number of hydrogen-bond acceptors (Lipinski definition) is 5. The first-order chi connectivity index (χ1) is 21.3. The fraction of sp³-hybridized carbons (Fsp3) is 0.415. The summed E-state index contributed by atoms with van der Waals surface area (Å²) in [5, 5.41) is 0.